The van der Waals surface area contributed by atoms with E-state index in [0.29, 0.717) is 11.3 Å². The summed E-state index contributed by atoms with van der Waals surface area (Å²) in [5, 5.41) is 11.1. The van der Waals surface area contributed by atoms with Crippen LogP contribution >= 0.6 is 0 Å². The van der Waals surface area contributed by atoms with E-state index in [2.05, 4.69) is 0 Å². The van der Waals surface area contributed by atoms with Crippen LogP contribution in [0.2, 0.25) is 0 Å². The fourth-order valence-corrected chi connectivity index (χ4v) is 3.82. The predicted octanol–water partition coefficient (Wildman–Crippen LogP) is 4.63. The Morgan fingerprint density at radius 3 is 2.12 bits per heavy atom. The third-order valence-corrected chi connectivity index (χ3v) is 5.72. The van der Waals surface area contributed by atoms with E-state index in [1.807, 2.05) is 56.3 Å². The standard InChI is InChI=1S/C25H21N3O4/c1-16-8-7-11-21(17(16)2)27-24(29)22(18-12-14-20(15-13-18)28(31)32)23(25(27)30)26(3)19-9-5-4-6-10-19/h4-15H,1-3H3. The van der Waals surface area contributed by atoms with E-state index in [4.69, 9.17) is 0 Å². The van der Waals surface area contributed by atoms with Crippen molar-refractivity contribution in [2.24, 2.45) is 0 Å². The monoisotopic (exact) mass is 427 g/mol. The maximum absolute atomic E-state index is 13.7. The molecule has 0 atom stereocenters. The first-order chi connectivity index (χ1) is 15.3. The maximum atomic E-state index is 13.7. The molecule has 7 nitrogen and oxygen atoms in total. The van der Waals surface area contributed by atoms with Gasteiger partial charge in [-0.1, -0.05) is 30.3 Å². The summed E-state index contributed by atoms with van der Waals surface area (Å²) >= 11 is 0. The summed E-state index contributed by atoms with van der Waals surface area (Å²) in [5.41, 5.74) is 3.84. The van der Waals surface area contributed by atoms with Crippen molar-refractivity contribution in [3.05, 3.63) is 105 Å². The molecule has 0 fully saturated rings. The van der Waals surface area contributed by atoms with Crippen LogP contribution in [0.4, 0.5) is 17.1 Å². The number of carbonyl (C=O) groups is 2. The van der Waals surface area contributed by atoms with Gasteiger partial charge in [-0.05, 0) is 60.9 Å². The first-order valence-corrected chi connectivity index (χ1v) is 10.0. The molecule has 3 aromatic rings. The summed E-state index contributed by atoms with van der Waals surface area (Å²) in [6, 6.07) is 20.4. The van der Waals surface area contributed by atoms with Crippen LogP contribution < -0.4 is 9.80 Å². The molecule has 0 bridgehead atoms. The maximum Gasteiger partial charge on any atom is 0.282 e. The summed E-state index contributed by atoms with van der Waals surface area (Å²) in [6.45, 7) is 3.79. The summed E-state index contributed by atoms with van der Waals surface area (Å²) in [6.07, 6.45) is 0. The van der Waals surface area contributed by atoms with Gasteiger partial charge in [0.25, 0.3) is 17.5 Å². The van der Waals surface area contributed by atoms with Crippen molar-refractivity contribution in [1.29, 1.82) is 0 Å². The Morgan fingerprint density at radius 1 is 0.844 bits per heavy atom. The van der Waals surface area contributed by atoms with Gasteiger partial charge in [-0.3, -0.25) is 19.7 Å². The number of nitro groups is 1. The van der Waals surface area contributed by atoms with Crippen LogP contribution in [0.3, 0.4) is 0 Å². The fourth-order valence-electron chi connectivity index (χ4n) is 3.82. The van der Waals surface area contributed by atoms with Gasteiger partial charge in [0, 0.05) is 24.9 Å². The van der Waals surface area contributed by atoms with E-state index in [1.54, 1.807) is 18.0 Å². The van der Waals surface area contributed by atoms with E-state index in [1.165, 1.54) is 29.2 Å². The number of imide groups is 1. The highest BCUT2D eigenvalue weighted by Gasteiger charge is 2.42. The molecule has 0 spiro atoms. The van der Waals surface area contributed by atoms with Gasteiger partial charge in [-0.2, -0.15) is 0 Å². The summed E-state index contributed by atoms with van der Waals surface area (Å²) in [5.74, 6) is -0.904. The highest BCUT2D eigenvalue weighted by molar-refractivity contribution is 6.46. The van der Waals surface area contributed by atoms with Crippen LogP contribution in [0.5, 0.6) is 0 Å². The van der Waals surface area contributed by atoms with Gasteiger partial charge in [0.2, 0.25) is 0 Å². The third kappa shape index (κ3) is 3.43. The summed E-state index contributed by atoms with van der Waals surface area (Å²) < 4.78 is 0. The molecule has 0 saturated heterocycles. The van der Waals surface area contributed by atoms with E-state index in [9.17, 15) is 19.7 Å². The number of hydrogen-bond acceptors (Lipinski definition) is 5. The first-order valence-electron chi connectivity index (χ1n) is 10.0. The lowest BCUT2D eigenvalue weighted by Crippen LogP contribution is -2.34. The molecule has 0 N–H and O–H groups in total. The molecule has 7 heteroatoms. The SMILES string of the molecule is Cc1cccc(N2C(=O)C(c3ccc([N+](=O)[O-])cc3)=C(N(C)c3ccccc3)C2=O)c1C. The van der Waals surface area contributed by atoms with E-state index < -0.39 is 16.7 Å². The molecule has 1 heterocycles. The number of hydrogen-bond donors (Lipinski definition) is 0. The molecule has 1 aliphatic heterocycles. The van der Waals surface area contributed by atoms with Gasteiger partial charge in [0.1, 0.15) is 5.70 Å². The number of anilines is 2. The van der Waals surface area contributed by atoms with Crippen molar-refractivity contribution in [1.82, 2.24) is 0 Å². The number of para-hydroxylation sites is 1. The number of aryl methyl sites for hydroxylation is 1. The Kier molecular flexibility index (Phi) is 5.32. The topological polar surface area (TPSA) is 83.8 Å². The Bertz CT molecular complexity index is 1260. The molecule has 1 aliphatic rings. The smallest absolute Gasteiger partial charge is 0.282 e. The predicted molar refractivity (Wildman–Crippen MR) is 123 cm³/mol. The van der Waals surface area contributed by atoms with Gasteiger partial charge < -0.3 is 4.90 Å². The number of rotatable bonds is 5. The minimum absolute atomic E-state index is 0.0875. The lowest BCUT2D eigenvalue weighted by molar-refractivity contribution is -0.384. The molecule has 2 amide bonds. The summed E-state index contributed by atoms with van der Waals surface area (Å²) in [4.78, 5) is 40.7. The highest BCUT2D eigenvalue weighted by atomic mass is 16.6. The lowest BCUT2D eigenvalue weighted by Gasteiger charge is -2.22. The van der Waals surface area contributed by atoms with Crippen LogP contribution in [0.1, 0.15) is 16.7 Å². The van der Waals surface area contributed by atoms with Gasteiger partial charge >= 0.3 is 0 Å². The number of nitro benzene ring substituents is 1. The van der Waals surface area contributed by atoms with E-state index >= 15 is 0 Å². The molecule has 4 rings (SSSR count). The van der Waals surface area contributed by atoms with Crippen molar-refractivity contribution in [3.8, 4) is 0 Å². The zero-order valence-corrected chi connectivity index (χ0v) is 17.9. The molecule has 0 aliphatic carbocycles. The second-order valence-corrected chi connectivity index (χ2v) is 7.59. The van der Waals surface area contributed by atoms with Gasteiger partial charge in [0.15, 0.2) is 0 Å². The van der Waals surface area contributed by atoms with E-state index in [0.717, 1.165) is 16.8 Å². The van der Waals surface area contributed by atoms with Crippen LogP contribution in [0.15, 0.2) is 78.5 Å². The normalized spacial score (nSPS) is 13.7. The number of non-ortho nitro benzene ring substituents is 1. The van der Waals surface area contributed by atoms with Crippen molar-refractivity contribution in [2.75, 3.05) is 16.8 Å². The van der Waals surface area contributed by atoms with Crippen LogP contribution in [-0.2, 0) is 9.59 Å². The number of nitrogens with zero attached hydrogens (tertiary/aromatic N) is 3. The van der Waals surface area contributed by atoms with Crippen LogP contribution in [-0.4, -0.2) is 23.8 Å². The Hall–Kier alpha value is -4.26. The average molecular weight is 427 g/mol. The van der Waals surface area contributed by atoms with Crippen molar-refractivity contribution in [2.45, 2.75) is 13.8 Å². The lowest BCUT2D eigenvalue weighted by atomic mass is 10.0. The highest BCUT2D eigenvalue weighted by Crippen LogP contribution is 2.38. The largest absolute Gasteiger partial charge is 0.339 e. The second kappa shape index (κ2) is 8.11. The summed E-state index contributed by atoms with van der Waals surface area (Å²) in [7, 11) is 1.73. The van der Waals surface area contributed by atoms with Gasteiger partial charge in [-0.15, -0.1) is 0 Å². The Balaban J connectivity index is 1.90. The number of benzene rings is 3. The molecular formula is C25H21N3O4. The quantitative estimate of drug-likeness (QED) is 0.337. The minimum Gasteiger partial charge on any atom is -0.339 e. The fraction of sp³-hybridized carbons (Fsp3) is 0.120. The molecule has 0 saturated carbocycles. The van der Waals surface area contributed by atoms with Crippen LogP contribution in [0.25, 0.3) is 5.57 Å². The first kappa shape index (κ1) is 21.0. The minimum atomic E-state index is -0.501. The molecule has 0 unspecified atom stereocenters. The number of carbonyl (C=O) groups excluding carboxylic acids is 2. The van der Waals surface area contributed by atoms with Gasteiger partial charge in [0.05, 0.1) is 16.2 Å². The Morgan fingerprint density at radius 2 is 1.50 bits per heavy atom. The van der Waals surface area contributed by atoms with Crippen molar-refractivity contribution in [3.63, 3.8) is 0 Å². The molecule has 160 valence electrons. The Labute approximate surface area is 185 Å². The third-order valence-electron chi connectivity index (χ3n) is 5.72. The zero-order chi connectivity index (χ0) is 23.0. The number of amides is 2. The van der Waals surface area contributed by atoms with Crippen molar-refractivity contribution < 1.29 is 14.5 Å². The molecule has 32 heavy (non-hydrogen) atoms. The average Bonchev–Trinajstić information content (AvgIpc) is 3.05. The molecule has 3 aromatic carbocycles. The van der Waals surface area contributed by atoms with Crippen LogP contribution in [0, 0.1) is 24.0 Å². The number of likely N-dealkylation sites (N-methyl/N-ethyl adjacent to an activating group) is 1. The van der Waals surface area contributed by atoms with Gasteiger partial charge in [-0.25, -0.2) is 4.90 Å². The second-order valence-electron chi connectivity index (χ2n) is 7.59. The molecule has 0 aromatic heterocycles. The van der Waals surface area contributed by atoms with E-state index in [-0.39, 0.29) is 17.0 Å². The zero-order valence-electron chi connectivity index (χ0n) is 17.9. The van der Waals surface area contributed by atoms with Crippen molar-refractivity contribution >= 4 is 34.4 Å². The molecule has 0 radical (unpaired) electrons. The molecular weight excluding hydrogens is 406 g/mol.